The van der Waals surface area contributed by atoms with Gasteiger partial charge in [-0.15, -0.1) is 0 Å². The Balaban J connectivity index is 1.52. The minimum Gasteiger partial charge on any atom is -0.352 e. The number of likely N-dealkylation sites (tertiary alicyclic amines) is 1. The molecule has 164 valence electrons. The van der Waals surface area contributed by atoms with Crippen LogP contribution in [0.1, 0.15) is 36.4 Å². The summed E-state index contributed by atoms with van der Waals surface area (Å²) in [5, 5.41) is 6.05. The van der Waals surface area contributed by atoms with Crippen molar-refractivity contribution < 1.29 is 14.4 Å². The lowest BCUT2D eigenvalue weighted by Crippen LogP contribution is -2.44. The van der Waals surface area contributed by atoms with Crippen molar-refractivity contribution >= 4 is 29.4 Å². The molecule has 0 spiro atoms. The van der Waals surface area contributed by atoms with Gasteiger partial charge in [0.1, 0.15) is 0 Å². The van der Waals surface area contributed by atoms with Crippen LogP contribution in [0.4, 0.5) is 4.79 Å². The van der Waals surface area contributed by atoms with Gasteiger partial charge in [0.25, 0.3) is 0 Å². The Hall–Kier alpha value is -3.06. The number of piperidine rings is 1. The van der Waals surface area contributed by atoms with E-state index in [-0.39, 0.29) is 24.2 Å². The first-order chi connectivity index (χ1) is 14.9. The highest BCUT2D eigenvalue weighted by Gasteiger charge is 2.29. The van der Waals surface area contributed by atoms with Crippen molar-refractivity contribution in [3.8, 4) is 0 Å². The first-order valence-corrected chi connectivity index (χ1v) is 10.7. The maximum atomic E-state index is 12.9. The summed E-state index contributed by atoms with van der Waals surface area (Å²) in [6.07, 6.45) is 1.26. The average molecular weight is 443 g/mol. The van der Waals surface area contributed by atoms with Crippen LogP contribution in [0, 0.1) is 5.92 Å². The highest BCUT2D eigenvalue weighted by atomic mass is 35.5. The van der Waals surface area contributed by atoms with E-state index in [2.05, 4.69) is 10.6 Å². The number of hydrogen-bond acceptors (Lipinski definition) is 3. The summed E-state index contributed by atoms with van der Waals surface area (Å²) in [5.41, 5.74) is 6.99. The van der Waals surface area contributed by atoms with Crippen molar-refractivity contribution in [2.75, 3.05) is 13.1 Å². The van der Waals surface area contributed by atoms with E-state index in [1.54, 1.807) is 29.2 Å². The van der Waals surface area contributed by atoms with Gasteiger partial charge in [-0.2, -0.15) is 0 Å². The molecule has 3 rings (SSSR count). The zero-order valence-corrected chi connectivity index (χ0v) is 18.0. The second-order valence-electron chi connectivity index (χ2n) is 7.65. The van der Waals surface area contributed by atoms with Crippen molar-refractivity contribution in [1.82, 2.24) is 15.5 Å². The average Bonchev–Trinajstić information content (AvgIpc) is 2.78. The lowest BCUT2D eigenvalue weighted by atomic mass is 9.95. The molecule has 1 saturated heterocycles. The normalized spacial score (nSPS) is 15.2. The molecule has 0 radical (unpaired) electrons. The van der Waals surface area contributed by atoms with Gasteiger partial charge in [0.2, 0.25) is 11.8 Å². The molecule has 0 bridgehead atoms. The van der Waals surface area contributed by atoms with Gasteiger partial charge in [-0.25, -0.2) is 4.79 Å². The fraction of sp³-hybridized carbons (Fsp3) is 0.348. The predicted molar refractivity (Wildman–Crippen MR) is 119 cm³/mol. The number of primary amides is 1. The molecular formula is C23H27ClN4O3. The highest BCUT2D eigenvalue weighted by molar-refractivity contribution is 6.31. The molecule has 1 fully saturated rings. The van der Waals surface area contributed by atoms with E-state index >= 15 is 0 Å². The van der Waals surface area contributed by atoms with Crippen molar-refractivity contribution in [3.05, 3.63) is 70.7 Å². The number of nitrogens with zero attached hydrogens (tertiary/aromatic N) is 1. The van der Waals surface area contributed by atoms with Crippen molar-refractivity contribution in [3.63, 3.8) is 0 Å². The summed E-state index contributed by atoms with van der Waals surface area (Å²) >= 11 is 6.24. The van der Waals surface area contributed by atoms with Gasteiger partial charge in [-0.3, -0.25) is 9.59 Å². The number of hydrogen-bond donors (Lipinski definition) is 3. The number of benzene rings is 2. The summed E-state index contributed by atoms with van der Waals surface area (Å²) in [6.45, 7) is 1.49. The van der Waals surface area contributed by atoms with Gasteiger partial charge in [-0.1, -0.05) is 60.1 Å². The summed E-state index contributed by atoms with van der Waals surface area (Å²) < 4.78 is 0. The van der Waals surface area contributed by atoms with E-state index in [9.17, 15) is 14.4 Å². The molecule has 2 aromatic carbocycles. The summed E-state index contributed by atoms with van der Waals surface area (Å²) in [5.74, 6) is -0.210. The Kier molecular flexibility index (Phi) is 7.89. The van der Waals surface area contributed by atoms with Crippen LogP contribution in [0.2, 0.25) is 5.02 Å². The lowest BCUT2D eigenvalue weighted by Gasteiger charge is -2.32. The summed E-state index contributed by atoms with van der Waals surface area (Å²) in [7, 11) is 0. The minimum absolute atomic E-state index is 0.0142. The van der Waals surface area contributed by atoms with E-state index in [1.165, 1.54) is 0 Å². The van der Waals surface area contributed by atoms with E-state index in [0.29, 0.717) is 43.1 Å². The van der Waals surface area contributed by atoms with Crippen LogP contribution in [-0.2, 0) is 16.1 Å². The van der Waals surface area contributed by atoms with E-state index in [4.69, 9.17) is 17.3 Å². The van der Waals surface area contributed by atoms with Gasteiger partial charge in [0, 0.05) is 30.6 Å². The number of rotatable bonds is 7. The fourth-order valence-electron chi connectivity index (χ4n) is 3.79. The molecular weight excluding hydrogens is 416 g/mol. The van der Waals surface area contributed by atoms with E-state index in [0.717, 1.165) is 5.56 Å². The lowest BCUT2D eigenvalue weighted by molar-refractivity contribution is -0.136. The Morgan fingerprint density at radius 1 is 1.03 bits per heavy atom. The number of amides is 4. The molecule has 7 nitrogen and oxygen atoms in total. The van der Waals surface area contributed by atoms with Crippen LogP contribution < -0.4 is 16.4 Å². The number of carbonyl (C=O) groups is 3. The fourth-order valence-corrected chi connectivity index (χ4v) is 4.06. The zero-order chi connectivity index (χ0) is 22.2. The van der Waals surface area contributed by atoms with E-state index in [1.807, 2.05) is 30.3 Å². The minimum atomic E-state index is -0.716. The van der Waals surface area contributed by atoms with Gasteiger partial charge < -0.3 is 21.3 Å². The quantitative estimate of drug-likeness (QED) is 0.613. The molecule has 31 heavy (non-hydrogen) atoms. The first-order valence-electron chi connectivity index (χ1n) is 10.3. The predicted octanol–water partition coefficient (Wildman–Crippen LogP) is 2.99. The first kappa shape index (κ1) is 22.6. The molecule has 1 heterocycles. The number of halogens is 1. The van der Waals surface area contributed by atoms with Crippen LogP contribution in [0.25, 0.3) is 0 Å². The SMILES string of the molecule is NC(=O)N[C@H](CC(=O)N1CCC(C(=O)NCc2ccccc2)CC1)c1ccccc1Cl. The second kappa shape index (κ2) is 10.8. The van der Waals surface area contributed by atoms with Crippen molar-refractivity contribution in [2.24, 2.45) is 11.7 Å². The molecule has 1 aliphatic rings. The molecule has 1 aliphatic heterocycles. The molecule has 8 heteroatoms. The largest absolute Gasteiger partial charge is 0.352 e. The molecule has 4 amide bonds. The van der Waals surface area contributed by atoms with Crippen molar-refractivity contribution in [1.29, 1.82) is 0 Å². The third kappa shape index (κ3) is 6.46. The Bertz CT molecular complexity index is 914. The Labute approximate surface area is 186 Å². The van der Waals surface area contributed by atoms with Gasteiger partial charge in [-0.05, 0) is 30.0 Å². The van der Waals surface area contributed by atoms with Crippen molar-refractivity contribution in [2.45, 2.75) is 31.8 Å². The molecule has 1 atom stereocenters. The van der Waals surface area contributed by atoms with Gasteiger partial charge in [0.15, 0.2) is 0 Å². The topological polar surface area (TPSA) is 105 Å². The highest BCUT2D eigenvalue weighted by Crippen LogP contribution is 2.27. The molecule has 0 aromatic heterocycles. The second-order valence-corrected chi connectivity index (χ2v) is 8.05. The third-order valence-electron chi connectivity index (χ3n) is 5.50. The Morgan fingerprint density at radius 3 is 2.32 bits per heavy atom. The molecule has 4 N–H and O–H groups in total. The number of nitrogens with one attached hydrogen (secondary N) is 2. The van der Waals surface area contributed by atoms with E-state index < -0.39 is 12.1 Å². The van der Waals surface area contributed by atoms with Gasteiger partial charge in [0.05, 0.1) is 12.5 Å². The summed E-state index contributed by atoms with van der Waals surface area (Å²) in [6, 6.07) is 15.5. The van der Waals surface area contributed by atoms with Crippen LogP contribution in [-0.4, -0.2) is 35.8 Å². The third-order valence-corrected chi connectivity index (χ3v) is 5.85. The standard InChI is InChI=1S/C23H27ClN4O3/c24-19-9-5-4-8-18(19)20(27-23(25)31)14-21(29)28-12-10-17(11-13-28)22(30)26-15-16-6-2-1-3-7-16/h1-9,17,20H,10-15H2,(H,26,30)(H3,25,27,31)/t20-/m1/s1. The van der Waals surface area contributed by atoms with Crippen LogP contribution >= 0.6 is 11.6 Å². The van der Waals surface area contributed by atoms with Crippen LogP contribution in [0.15, 0.2) is 54.6 Å². The maximum Gasteiger partial charge on any atom is 0.312 e. The van der Waals surface area contributed by atoms with Crippen LogP contribution in [0.5, 0.6) is 0 Å². The zero-order valence-electron chi connectivity index (χ0n) is 17.2. The van der Waals surface area contributed by atoms with Gasteiger partial charge >= 0.3 is 6.03 Å². The molecule has 0 saturated carbocycles. The van der Waals surface area contributed by atoms with Crippen LogP contribution in [0.3, 0.4) is 0 Å². The molecule has 2 aromatic rings. The molecule has 0 aliphatic carbocycles. The Morgan fingerprint density at radius 2 is 1.68 bits per heavy atom. The monoisotopic (exact) mass is 442 g/mol. The number of nitrogens with two attached hydrogens (primary N) is 1. The number of carbonyl (C=O) groups excluding carboxylic acids is 3. The maximum absolute atomic E-state index is 12.9. The smallest absolute Gasteiger partial charge is 0.312 e. The summed E-state index contributed by atoms with van der Waals surface area (Å²) in [4.78, 5) is 38.5. The molecule has 0 unspecified atom stereocenters. The number of urea groups is 1.